The van der Waals surface area contributed by atoms with E-state index in [1.807, 2.05) is 53.4 Å². The number of nitrogens with zero attached hydrogens (tertiary/aromatic N) is 1. The summed E-state index contributed by atoms with van der Waals surface area (Å²) in [6.07, 6.45) is 7.21. The number of amides is 1. The van der Waals surface area contributed by atoms with Crippen LogP contribution in [0.15, 0.2) is 72.4 Å². The maximum absolute atomic E-state index is 12.9. The summed E-state index contributed by atoms with van der Waals surface area (Å²) in [5.41, 5.74) is 3.45. The average Bonchev–Trinajstić information content (AvgIpc) is 2.62. The topological polar surface area (TPSA) is 20.3 Å². The van der Waals surface area contributed by atoms with E-state index in [0.717, 1.165) is 18.4 Å². The van der Waals surface area contributed by atoms with Gasteiger partial charge in [0.05, 0.1) is 13.0 Å². The van der Waals surface area contributed by atoms with Crippen LogP contribution in [-0.2, 0) is 17.8 Å². The molecule has 0 fully saturated rings. The molecule has 0 bridgehead atoms. The van der Waals surface area contributed by atoms with Crippen LogP contribution in [0.4, 0.5) is 0 Å². The molecule has 2 nitrogen and oxygen atoms in total. The van der Waals surface area contributed by atoms with Crippen molar-refractivity contribution in [3.8, 4) is 0 Å². The molecule has 118 valence electrons. The maximum atomic E-state index is 12.9. The smallest absolute Gasteiger partial charge is 0.231 e. The SMILES string of the molecule is O=C(Cc1ccccc1)N(Cc1ccccc1)C1=CCCCC1. The summed E-state index contributed by atoms with van der Waals surface area (Å²) in [5.74, 6) is 0.188. The van der Waals surface area contributed by atoms with E-state index in [9.17, 15) is 4.79 Å². The first-order chi connectivity index (χ1) is 11.3. The summed E-state index contributed by atoms with van der Waals surface area (Å²) in [4.78, 5) is 14.9. The summed E-state index contributed by atoms with van der Waals surface area (Å²) in [7, 11) is 0. The molecule has 0 heterocycles. The molecule has 0 saturated heterocycles. The zero-order chi connectivity index (χ0) is 15.9. The largest absolute Gasteiger partial charge is 0.312 e. The van der Waals surface area contributed by atoms with E-state index < -0.39 is 0 Å². The quantitative estimate of drug-likeness (QED) is 0.783. The second-order valence-electron chi connectivity index (χ2n) is 6.07. The molecule has 1 amide bonds. The van der Waals surface area contributed by atoms with E-state index in [0.29, 0.717) is 13.0 Å². The first-order valence-corrected chi connectivity index (χ1v) is 8.40. The number of carbonyl (C=O) groups is 1. The number of carbonyl (C=O) groups excluding carboxylic acids is 1. The van der Waals surface area contributed by atoms with Crippen LogP contribution in [-0.4, -0.2) is 10.8 Å². The van der Waals surface area contributed by atoms with Crippen LogP contribution in [0, 0.1) is 0 Å². The molecule has 1 aliphatic carbocycles. The second kappa shape index (κ2) is 7.77. The highest BCUT2D eigenvalue weighted by molar-refractivity contribution is 5.80. The molecular formula is C21H23NO. The first-order valence-electron chi connectivity index (χ1n) is 8.40. The summed E-state index contributed by atoms with van der Waals surface area (Å²) in [6, 6.07) is 20.3. The lowest BCUT2D eigenvalue weighted by molar-refractivity contribution is -0.129. The van der Waals surface area contributed by atoms with Crippen LogP contribution in [0.25, 0.3) is 0 Å². The number of rotatable bonds is 5. The molecule has 1 aliphatic rings. The van der Waals surface area contributed by atoms with Crippen molar-refractivity contribution in [3.63, 3.8) is 0 Å². The minimum absolute atomic E-state index is 0.188. The van der Waals surface area contributed by atoms with Gasteiger partial charge in [-0.1, -0.05) is 66.7 Å². The van der Waals surface area contributed by atoms with Gasteiger partial charge in [0.1, 0.15) is 0 Å². The summed E-state index contributed by atoms with van der Waals surface area (Å²) in [5, 5.41) is 0. The normalized spacial score (nSPS) is 14.2. The summed E-state index contributed by atoms with van der Waals surface area (Å²) in [6.45, 7) is 0.665. The van der Waals surface area contributed by atoms with Crippen molar-refractivity contribution in [1.29, 1.82) is 0 Å². The van der Waals surface area contributed by atoms with Crippen molar-refractivity contribution in [1.82, 2.24) is 4.90 Å². The fourth-order valence-corrected chi connectivity index (χ4v) is 3.05. The van der Waals surface area contributed by atoms with Gasteiger partial charge in [0, 0.05) is 5.70 Å². The van der Waals surface area contributed by atoms with E-state index in [2.05, 4.69) is 18.2 Å². The lowest BCUT2D eigenvalue weighted by Gasteiger charge is -2.28. The molecule has 0 saturated carbocycles. The fraction of sp³-hybridized carbons (Fsp3) is 0.286. The van der Waals surface area contributed by atoms with Gasteiger partial charge in [0.25, 0.3) is 0 Å². The van der Waals surface area contributed by atoms with Crippen molar-refractivity contribution in [3.05, 3.63) is 83.6 Å². The van der Waals surface area contributed by atoms with Gasteiger partial charge in [0.15, 0.2) is 0 Å². The molecule has 3 rings (SSSR count). The Hall–Kier alpha value is -2.35. The Morgan fingerprint density at radius 3 is 2.13 bits per heavy atom. The van der Waals surface area contributed by atoms with Gasteiger partial charge in [-0.05, 0) is 36.8 Å². The molecule has 2 heteroatoms. The average molecular weight is 305 g/mol. The molecule has 2 aromatic rings. The number of hydrogen-bond acceptors (Lipinski definition) is 1. The van der Waals surface area contributed by atoms with E-state index in [4.69, 9.17) is 0 Å². The Morgan fingerprint density at radius 2 is 1.52 bits per heavy atom. The van der Waals surface area contributed by atoms with E-state index in [-0.39, 0.29) is 5.91 Å². The number of benzene rings is 2. The van der Waals surface area contributed by atoms with Gasteiger partial charge in [-0.3, -0.25) is 4.79 Å². The van der Waals surface area contributed by atoms with Gasteiger partial charge in [-0.2, -0.15) is 0 Å². The Bertz CT molecular complexity index is 661. The van der Waals surface area contributed by atoms with Crippen molar-refractivity contribution in [2.24, 2.45) is 0 Å². The highest BCUT2D eigenvalue weighted by atomic mass is 16.2. The lowest BCUT2D eigenvalue weighted by atomic mass is 10.0. The Balaban J connectivity index is 1.79. The van der Waals surface area contributed by atoms with Gasteiger partial charge in [-0.25, -0.2) is 0 Å². The molecule has 23 heavy (non-hydrogen) atoms. The zero-order valence-corrected chi connectivity index (χ0v) is 13.4. The third-order valence-corrected chi connectivity index (χ3v) is 4.30. The van der Waals surface area contributed by atoms with Gasteiger partial charge in [0.2, 0.25) is 5.91 Å². The van der Waals surface area contributed by atoms with E-state index in [1.54, 1.807) is 0 Å². The first kappa shape index (κ1) is 15.5. The second-order valence-corrected chi connectivity index (χ2v) is 6.07. The molecule has 0 aliphatic heterocycles. The number of hydrogen-bond donors (Lipinski definition) is 0. The highest BCUT2D eigenvalue weighted by Gasteiger charge is 2.20. The fourth-order valence-electron chi connectivity index (χ4n) is 3.05. The van der Waals surface area contributed by atoms with Crippen LogP contribution in [0.1, 0.15) is 36.8 Å². The van der Waals surface area contributed by atoms with Gasteiger partial charge < -0.3 is 4.90 Å². The van der Waals surface area contributed by atoms with Crippen molar-refractivity contribution in [2.45, 2.75) is 38.6 Å². The van der Waals surface area contributed by atoms with Gasteiger partial charge >= 0.3 is 0 Å². The molecule has 0 atom stereocenters. The third-order valence-electron chi connectivity index (χ3n) is 4.30. The monoisotopic (exact) mass is 305 g/mol. The minimum atomic E-state index is 0.188. The Morgan fingerprint density at radius 1 is 0.870 bits per heavy atom. The molecule has 2 aromatic carbocycles. The Labute approximate surface area is 138 Å². The molecule has 0 spiro atoms. The van der Waals surface area contributed by atoms with Crippen LogP contribution < -0.4 is 0 Å². The standard InChI is InChI=1S/C21H23NO/c23-21(16-18-10-4-1-5-11-18)22(20-14-8-3-9-15-20)17-19-12-6-2-7-13-19/h1-2,4-7,10-14H,3,8-9,15-17H2. The molecule has 0 radical (unpaired) electrons. The molecular weight excluding hydrogens is 282 g/mol. The third kappa shape index (κ3) is 4.32. The van der Waals surface area contributed by atoms with Crippen LogP contribution in [0.3, 0.4) is 0 Å². The van der Waals surface area contributed by atoms with Crippen molar-refractivity contribution >= 4 is 5.91 Å². The van der Waals surface area contributed by atoms with Crippen LogP contribution >= 0.6 is 0 Å². The predicted molar refractivity (Wildman–Crippen MR) is 93.7 cm³/mol. The molecule has 0 aromatic heterocycles. The molecule has 0 N–H and O–H groups in total. The molecule has 0 unspecified atom stereocenters. The van der Waals surface area contributed by atoms with Crippen LogP contribution in [0.5, 0.6) is 0 Å². The lowest BCUT2D eigenvalue weighted by Crippen LogP contribution is -2.32. The van der Waals surface area contributed by atoms with Crippen LogP contribution in [0.2, 0.25) is 0 Å². The summed E-state index contributed by atoms with van der Waals surface area (Å²) >= 11 is 0. The predicted octanol–water partition coefficient (Wildman–Crippen LogP) is 4.72. The van der Waals surface area contributed by atoms with Crippen molar-refractivity contribution < 1.29 is 4.79 Å². The maximum Gasteiger partial charge on any atom is 0.231 e. The highest BCUT2D eigenvalue weighted by Crippen LogP contribution is 2.23. The zero-order valence-electron chi connectivity index (χ0n) is 13.4. The van der Waals surface area contributed by atoms with E-state index >= 15 is 0 Å². The Kier molecular flexibility index (Phi) is 5.25. The van der Waals surface area contributed by atoms with Crippen molar-refractivity contribution in [2.75, 3.05) is 0 Å². The number of allylic oxidation sites excluding steroid dienone is 2. The summed E-state index contributed by atoms with van der Waals surface area (Å²) < 4.78 is 0. The van der Waals surface area contributed by atoms with Gasteiger partial charge in [-0.15, -0.1) is 0 Å². The van der Waals surface area contributed by atoms with E-state index in [1.165, 1.54) is 24.1 Å². The minimum Gasteiger partial charge on any atom is -0.312 e.